The maximum atomic E-state index is 9.08. The Kier molecular flexibility index (Phi) is 3.33. The molecule has 84 valence electrons. The third kappa shape index (κ3) is 2.13. The highest BCUT2D eigenvalue weighted by atomic mass is 35.5. The summed E-state index contributed by atoms with van der Waals surface area (Å²) in [5.74, 6) is 0. The molecule has 1 aromatic rings. The lowest BCUT2D eigenvalue weighted by Crippen LogP contribution is -2.29. The van der Waals surface area contributed by atoms with Gasteiger partial charge >= 0.3 is 0 Å². The normalized spacial score (nSPS) is 19.8. The minimum Gasteiger partial charge on any atom is -0.369 e. The van der Waals surface area contributed by atoms with Gasteiger partial charge in [0.15, 0.2) is 0 Å². The monoisotopic (exact) mass is 235 g/mol. The van der Waals surface area contributed by atoms with Crippen LogP contribution in [-0.2, 0) is 0 Å². The summed E-state index contributed by atoms with van der Waals surface area (Å²) in [5, 5.41) is 13.0. The smallest absolute Gasteiger partial charge is 0.101 e. The largest absolute Gasteiger partial charge is 0.369 e. The van der Waals surface area contributed by atoms with Gasteiger partial charge < -0.3 is 10.2 Å². The van der Waals surface area contributed by atoms with Crippen LogP contribution in [0.15, 0.2) is 18.2 Å². The topological polar surface area (TPSA) is 39.1 Å². The Hall–Kier alpha value is -1.24. The van der Waals surface area contributed by atoms with Crippen molar-refractivity contribution in [2.24, 2.45) is 0 Å². The van der Waals surface area contributed by atoms with Gasteiger partial charge in [0.25, 0.3) is 0 Å². The first-order valence-electron chi connectivity index (χ1n) is 5.36. The van der Waals surface area contributed by atoms with Crippen LogP contribution in [0.4, 0.5) is 5.69 Å². The number of rotatable bonds is 2. The lowest BCUT2D eigenvalue weighted by Gasteiger charge is -2.19. The molecule has 1 N–H and O–H groups in total. The predicted molar refractivity (Wildman–Crippen MR) is 65.8 cm³/mol. The van der Waals surface area contributed by atoms with E-state index in [4.69, 9.17) is 16.9 Å². The first-order chi connectivity index (χ1) is 7.74. The second-order valence-electron chi connectivity index (χ2n) is 3.99. The van der Waals surface area contributed by atoms with Crippen molar-refractivity contribution >= 4 is 17.3 Å². The fourth-order valence-corrected chi connectivity index (χ4v) is 2.26. The van der Waals surface area contributed by atoms with Crippen LogP contribution in [0.3, 0.4) is 0 Å². The van der Waals surface area contributed by atoms with E-state index < -0.39 is 0 Å². The lowest BCUT2D eigenvalue weighted by atomic mass is 10.2. The Morgan fingerprint density at radius 3 is 3.00 bits per heavy atom. The number of hydrogen-bond donors (Lipinski definition) is 1. The highest BCUT2D eigenvalue weighted by molar-refractivity contribution is 6.30. The number of halogens is 1. The first-order valence-corrected chi connectivity index (χ1v) is 5.74. The molecule has 1 unspecified atom stereocenters. The van der Waals surface area contributed by atoms with E-state index in [1.807, 2.05) is 19.2 Å². The third-order valence-corrected chi connectivity index (χ3v) is 3.25. The second-order valence-corrected chi connectivity index (χ2v) is 4.43. The molecule has 0 bridgehead atoms. The van der Waals surface area contributed by atoms with Crippen molar-refractivity contribution in [3.8, 4) is 6.07 Å². The zero-order valence-corrected chi connectivity index (χ0v) is 9.96. The van der Waals surface area contributed by atoms with Crippen LogP contribution in [0.25, 0.3) is 0 Å². The molecule has 0 amide bonds. The SMILES string of the molecule is CNC1CCN(c2ccc(Cl)cc2C#N)C1. The summed E-state index contributed by atoms with van der Waals surface area (Å²) in [4.78, 5) is 2.23. The Balaban J connectivity index is 2.25. The molecule has 0 aromatic heterocycles. The standard InChI is InChI=1S/C12H14ClN3/c1-15-11-4-5-16(8-11)12-3-2-10(13)6-9(12)7-14/h2-3,6,11,15H,4-5,8H2,1H3. The molecule has 1 aromatic carbocycles. The molecule has 16 heavy (non-hydrogen) atoms. The van der Waals surface area contributed by atoms with Crippen molar-refractivity contribution in [3.63, 3.8) is 0 Å². The number of hydrogen-bond acceptors (Lipinski definition) is 3. The van der Waals surface area contributed by atoms with Gasteiger partial charge in [-0.3, -0.25) is 0 Å². The Bertz CT molecular complexity index is 425. The number of nitrogens with one attached hydrogen (secondary N) is 1. The molecule has 1 aliphatic heterocycles. The van der Waals surface area contributed by atoms with E-state index in [2.05, 4.69) is 16.3 Å². The van der Waals surface area contributed by atoms with Crippen LogP contribution in [0, 0.1) is 11.3 Å². The molecule has 1 atom stereocenters. The quantitative estimate of drug-likeness (QED) is 0.853. The fraction of sp³-hybridized carbons (Fsp3) is 0.417. The third-order valence-electron chi connectivity index (χ3n) is 3.02. The molecule has 0 spiro atoms. The molecular formula is C12H14ClN3. The highest BCUT2D eigenvalue weighted by Gasteiger charge is 2.22. The summed E-state index contributed by atoms with van der Waals surface area (Å²) < 4.78 is 0. The zero-order chi connectivity index (χ0) is 11.5. The van der Waals surface area contributed by atoms with E-state index in [0.717, 1.165) is 25.2 Å². The summed E-state index contributed by atoms with van der Waals surface area (Å²) in [6.07, 6.45) is 1.12. The van der Waals surface area contributed by atoms with Crippen LogP contribution in [0.5, 0.6) is 0 Å². The summed E-state index contributed by atoms with van der Waals surface area (Å²) in [5.41, 5.74) is 1.65. The lowest BCUT2D eigenvalue weighted by molar-refractivity contribution is 0.617. The van der Waals surface area contributed by atoms with Gasteiger partial charge in [-0.05, 0) is 31.7 Å². The zero-order valence-electron chi connectivity index (χ0n) is 9.20. The van der Waals surface area contributed by atoms with Crippen LogP contribution < -0.4 is 10.2 Å². The second kappa shape index (κ2) is 4.73. The van der Waals surface area contributed by atoms with Gasteiger partial charge in [0, 0.05) is 24.2 Å². The van der Waals surface area contributed by atoms with Crippen molar-refractivity contribution in [2.75, 3.05) is 25.0 Å². The van der Waals surface area contributed by atoms with Crippen molar-refractivity contribution in [2.45, 2.75) is 12.5 Å². The molecule has 1 aliphatic rings. The molecule has 1 saturated heterocycles. The molecule has 2 rings (SSSR count). The minimum atomic E-state index is 0.516. The maximum absolute atomic E-state index is 9.08. The molecule has 4 heteroatoms. The fourth-order valence-electron chi connectivity index (χ4n) is 2.09. The van der Waals surface area contributed by atoms with E-state index in [9.17, 15) is 0 Å². The van der Waals surface area contributed by atoms with E-state index in [-0.39, 0.29) is 0 Å². The molecular weight excluding hydrogens is 222 g/mol. The van der Waals surface area contributed by atoms with Gasteiger partial charge in [0.2, 0.25) is 0 Å². The average Bonchev–Trinajstić information content (AvgIpc) is 2.77. The summed E-state index contributed by atoms with van der Waals surface area (Å²) in [7, 11) is 1.97. The van der Waals surface area contributed by atoms with Crippen LogP contribution >= 0.6 is 11.6 Å². The van der Waals surface area contributed by atoms with Crippen molar-refractivity contribution in [3.05, 3.63) is 28.8 Å². The molecule has 1 fully saturated rings. The van der Waals surface area contributed by atoms with Crippen LogP contribution in [0.1, 0.15) is 12.0 Å². The summed E-state index contributed by atoms with van der Waals surface area (Å²) in [6, 6.07) is 8.21. The number of likely N-dealkylation sites (N-methyl/N-ethyl adjacent to an activating group) is 1. The van der Waals surface area contributed by atoms with E-state index in [0.29, 0.717) is 16.6 Å². The number of benzene rings is 1. The van der Waals surface area contributed by atoms with E-state index in [1.54, 1.807) is 6.07 Å². The molecule has 0 aliphatic carbocycles. The maximum Gasteiger partial charge on any atom is 0.101 e. The van der Waals surface area contributed by atoms with Gasteiger partial charge in [-0.1, -0.05) is 11.6 Å². The van der Waals surface area contributed by atoms with Crippen LogP contribution in [0.2, 0.25) is 5.02 Å². The van der Waals surface area contributed by atoms with Crippen molar-refractivity contribution < 1.29 is 0 Å². The number of nitriles is 1. The Morgan fingerprint density at radius 2 is 2.38 bits per heavy atom. The Labute approximate surface area is 101 Å². The van der Waals surface area contributed by atoms with E-state index in [1.165, 1.54) is 0 Å². The molecule has 3 nitrogen and oxygen atoms in total. The number of nitrogens with zero attached hydrogens (tertiary/aromatic N) is 2. The average molecular weight is 236 g/mol. The number of anilines is 1. The van der Waals surface area contributed by atoms with E-state index >= 15 is 0 Å². The van der Waals surface area contributed by atoms with Gasteiger partial charge in [0.1, 0.15) is 6.07 Å². The van der Waals surface area contributed by atoms with Crippen LogP contribution in [-0.4, -0.2) is 26.2 Å². The first kappa shape index (κ1) is 11.3. The molecule has 1 heterocycles. The minimum absolute atomic E-state index is 0.516. The van der Waals surface area contributed by atoms with Gasteiger partial charge in [-0.25, -0.2) is 0 Å². The summed E-state index contributed by atoms with van der Waals surface area (Å²) in [6.45, 7) is 1.94. The highest BCUT2D eigenvalue weighted by Crippen LogP contribution is 2.26. The van der Waals surface area contributed by atoms with Crippen molar-refractivity contribution in [1.82, 2.24) is 5.32 Å². The van der Waals surface area contributed by atoms with Crippen molar-refractivity contribution in [1.29, 1.82) is 5.26 Å². The summed E-state index contributed by atoms with van der Waals surface area (Å²) >= 11 is 5.88. The predicted octanol–water partition coefficient (Wildman–Crippen LogP) is 2.01. The van der Waals surface area contributed by atoms with Gasteiger partial charge in [-0.2, -0.15) is 5.26 Å². The molecule has 0 saturated carbocycles. The van der Waals surface area contributed by atoms with Gasteiger partial charge in [-0.15, -0.1) is 0 Å². The molecule has 0 radical (unpaired) electrons. The van der Waals surface area contributed by atoms with Gasteiger partial charge in [0.05, 0.1) is 11.3 Å². The Morgan fingerprint density at radius 1 is 1.56 bits per heavy atom.